The summed E-state index contributed by atoms with van der Waals surface area (Å²) in [5.74, 6) is 0.815. The van der Waals surface area contributed by atoms with Crippen LogP contribution < -0.4 is 10.6 Å². The highest BCUT2D eigenvalue weighted by Crippen LogP contribution is 2.31. The van der Waals surface area contributed by atoms with Crippen molar-refractivity contribution >= 4 is 5.96 Å². The van der Waals surface area contributed by atoms with Crippen molar-refractivity contribution in [3.05, 3.63) is 35.4 Å². The number of hydrogen-bond donors (Lipinski definition) is 3. The molecule has 2 aliphatic rings. The summed E-state index contributed by atoms with van der Waals surface area (Å²) in [6, 6.07) is 8.69. The molecule has 7 heteroatoms. The number of ether oxygens (including phenoxy) is 2. The van der Waals surface area contributed by atoms with E-state index in [1.165, 1.54) is 11.1 Å². The maximum Gasteiger partial charge on any atom is 0.191 e. The van der Waals surface area contributed by atoms with E-state index < -0.39 is 0 Å². The zero-order chi connectivity index (χ0) is 20.4. The Bertz CT molecular complexity index is 641. The number of aliphatic hydroxyl groups is 1. The van der Waals surface area contributed by atoms with Crippen LogP contribution in [-0.2, 0) is 22.6 Å². The van der Waals surface area contributed by atoms with Crippen LogP contribution in [0.5, 0.6) is 0 Å². The minimum absolute atomic E-state index is 0.00299. The molecule has 0 saturated carbocycles. The van der Waals surface area contributed by atoms with Gasteiger partial charge in [0.1, 0.15) is 0 Å². The highest BCUT2D eigenvalue weighted by atomic mass is 16.5. The summed E-state index contributed by atoms with van der Waals surface area (Å²) in [4.78, 5) is 7.21. The molecule has 0 aromatic heterocycles. The molecule has 2 aliphatic heterocycles. The molecule has 7 nitrogen and oxygen atoms in total. The quantitative estimate of drug-likeness (QED) is 0.426. The van der Waals surface area contributed by atoms with Crippen molar-refractivity contribution in [3.63, 3.8) is 0 Å². The van der Waals surface area contributed by atoms with E-state index in [0.717, 1.165) is 71.3 Å². The van der Waals surface area contributed by atoms with Gasteiger partial charge in [-0.25, -0.2) is 4.99 Å². The van der Waals surface area contributed by atoms with Crippen molar-refractivity contribution in [2.75, 3.05) is 59.2 Å². The number of nitrogens with zero attached hydrogens (tertiary/aromatic N) is 2. The lowest BCUT2D eigenvalue weighted by atomic mass is 9.84. The SMILES string of the molecule is CCNC(=NCc1cccc(CN2CCOCC2)c1)NCC1(CCO)CCOC1. The first kappa shape index (κ1) is 22.0. The zero-order valence-corrected chi connectivity index (χ0v) is 17.7. The summed E-state index contributed by atoms with van der Waals surface area (Å²) in [7, 11) is 0. The van der Waals surface area contributed by atoms with Crippen molar-refractivity contribution < 1.29 is 14.6 Å². The van der Waals surface area contributed by atoms with Crippen molar-refractivity contribution in [1.29, 1.82) is 0 Å². The van der Waals surface area contributed by atoms with Crippen LogP contribution in [0.1, 0.15) is 30.9 Å². The first-order valence-electron chi connectivity index (χ1n) is 10.8. The van der Waals surface area contributed by atoms with E-state index >= 15 is 0 Å². The fraction of sp³-hybridized carbons (Fsp3) is 0.682. The Labute approximate surface area is 174 Å². The van der Waals surface area contributed by atoms with Crippen LogP contribution in [0.2, 0.25) is 0 Å². The molecule has 3 N–H and O–H groups in total. The van der Waals surface area contributed by atoms with Gasteiger partial charge >= 0.3 is 0 Å². The van der Waals surface area contributed by atoms with Gasteiger partial charge in [0.2, 0.25) is 0 Å². The van der Waals surface area contributed by atoms with E-state index in [1.807, 2.05) is 0 Å². The van der Waals surface area contributed by atoms with Crippen LogP contribution >= 0.6 is 0 Å². The topological polar surface area (TPSA) is 78.4 Å². The molecule has 3 rings (SSSR count). The molecule has 0 bridgehead atoms. The number of aliphatic imine (C=N–C) groups is 1. The van der Waals surface area contributed by atoms with Crippen LogP contribution in [0.15, 0.2) is 29.3 Å². The lowest BCUT2D eigenvalue weighted by molar-refractivity contribution is 0.0342. The number of rotatable bonds is 9. The molecular formula is C22H36N4O3. The van der Waals surface area contributed by atoms with Gasteiger partial charge in [-0.3, -0.25) is 4.90 Å². The predicted molar refractivity (Wildman–Crippen MR) is 115 cm³/mol. The highest BCUT2D eigenvalue weighted by molar-refractivity contribution is 5.79. The summed E-state index contributed by atoms with van der Waals surface area (Å²) in [6.07, 6.45) is 1.73. The Morgan fingerprint density at radius 3 is 2.72 bits per heavy atom. The largest absolute Gasteiger partial charge is 0.396 e. The second-order valence-corrected chi connectivity index (χ2v) is 8.03. The first-order valence-corrected chi connectivity index (χ1v) is 10.8. The Balaban J connectivity index is 1.57. The van der Waals surface area contributed by atoms with Gasteiger partial charge in [-0.15, -0.1) is 0 Å². The molecule has 2 heterocycles. The standard InChI is InChI=1S/C22H36N4O3/c1-2-23-21(25-17-22(6-10-27)7-11-29-18-22)24-15-19-4-3-5-20(14-19)16-26-8-12-28-13-9-26/h3-5,14,27H,2,6-13,15-18H2,1H3,(H2,23,24,25). The monoisotopic (exact) mass is 404 g/mol. The van der Waals surface area contributed by atoms with Gasteiger partial charge in [0.25, 0.3) is 0 Å². The molecule has 0 aliphatic carbocycles. The summed E-state index contributed by atoms with van der Waals surface area (Å²) >= 11 is 0. The average Bonchev–Trinajstić information content (AvgIpc) is 3.20. The second kappa shape index (κ2) is 11.5. The van der Waals surface area contributed by atoms with Crippen LogP contribution in [0, 0.1) is 5.41 Å². The first-order chi connectivity index (χ1) is 14.2. The van der Waals surface area contributed by atoms with Gasteiger partial charge < -0.3 is 25.2 Å². The fourth-order valence-corrected chi connectivity index (χ4v) is 3.94. The van der Waals surface area contributed by atoms with Crippen LogP contribution in [0.3, 0.4) is 0 Å². The third-order valence-corrected chi connectivity index (χ3v) is 5.72. The predicted octanol–water partition coefficient (Wildman–Crippen LogP) is 1.36. The van der Waals surface area contributed by atoms with Gasteiger partial charge in [-0.1, -0.05) is 24.3 Å². The van der Waals surface area contributed by atoms with E-state index in [1.54, 1.807) is 0 Å². The van der Waals surface area contributed by atoms with E-state index in [0.29, 0.717) is 13.2 Å². The van der Waals surface area contributed by atoms with Gasteiger partial charge in [-0.05, 0) is 30.9 Å². The molecule has 162 valence electrons. The molecule has 1 atom stereocenters. The van der Waals surface area contributed by atoms with Gasteiger partial charge in [0.05, 0.1) is 26.4 Å². The van der Waals surface area contributed by atoms with Crippen molar-refractivity contribution in [3.8, 4) is 0 Å². The molecule has 1 aromatic rings. The highest BCUT2D eigenvalue weighted by Gasteiger charge is 2.34. The van der Waals surface area contributed by atoms with Gasteiger partial charge in [0, 0.05) is 51.4 Å². The molecule has 0 spiro atoms. The third kappa shape index (κ3) is 6.96. The maximum absolute atomic E-state index is 9.42. The number of morpholine rings is 1. The number of benzene rings is 1. The number of guanidine groups is 1. The molecule has 29 heavy (non-hydrogen) atoms. The number of nitrogens with one attached hydrogen (secondary N) is 2. The molecule has 1 unspecified atom stereocenters. The molecule has 0 radical (unpaired) electrons. The van der Waals surface area contributed by atoms with Crippen LogP contribution in [-0.4, -0.2) is 75.2 Å². The smallest absolute Gasteiger partial charge is 0.191 e. The number of aliphatic hydroxyl groups excluding tert-OH is 1. The van der Waals surface area contributed by atoms with Crippen molar-refractivity contribution in [2.24, 2.45) is 10.4 Å². The lowest BCUT2D eigenvalue weighted by Gasteiger charge is -2.27. The second-order valence-electron chi connectivity index (χ2n) is 8.03. The molecule has 2 saturated heterocycles. The normalized spacial score (nSPS) is 23.3. The molecule has 2 fully saturated rings. The summed E-state index contributed by atoms with van der Waals surface area (Å²) < 4.78 is 11.0. The molecule has 1 aromatic carbocycles. The molecular weight excluding hydrogens is 368 g/mol. The van der Waals surface area contributed by atoms with Crippen LogP contribution in [0.25, 0.3) is 0 Å². The average molecular weight is 405 g/mol. The van der Waals surface area contributed by atoms with E-state index in [-0.39, 0.29) is 12.0 Å². The number of hydrogen-bond acceptors (Lipinski definition) is 5. The van der Waals surface area contributed by atoms with Gasteiger partial charge in [-0.2, -0.15) is 0 Å². The zero-order valence-electron chi connectivity index (χ0n) is 17.7. The summed E-state index contributed by atoms with van der Waals surface area (Å²) in [6.45, 7) is 10.5. The lowest BCUT2D eigenvalue weighted by Crippen LogP contribution is -2.44. The van der Waals surface area contributed by atoms with Crippen LogP contribution in [0.4, 0.5) is 0 Å². The van der Waals surface area contributed by atoms with E-state index in [2.05, 4.69) is 46.7 Å². The Kier molecular flexibility index (Phi) is 8.73. The van der Waals surface area contributed by atoms with Crippen molar-refractivity contribution in [2.45, 2.75) is 32.9 Å². The van der Waals surface area contributed by atoms with E-state index in [9.17, 15) is 5.11 Å². The Hall–Kier alpha value is -1.67. The maximum atomic E-state index is 9.42. The summed E-state index contributed by atoms with van der Waals surface area (Å²) in [5, 5.41) is 16.2. The fourth-order valence-electron chi connectivity index (χ4n) is 3.94. The Morgan fingerprint density at radius 2 is 2.00 bits per heavy atom. The summed E-state index contributed by atoms with van der Waals surface area (Å²) in [5.41, 5.74) is 2.54. The molecule has 0 amide bonds. The van der Waals surface area contributed by atoms with Crippen molar-refractivity contribution in [1.82, 2.24) is 15.5 Å². The van der Waals surface area contributed by atoms with E-state index in [4.69, 9.17) is 14.5 Å². The minimum Gasteiger partial charge on any atom is -0.396 e. The Morgan fingerprint density at radius 1 is 1.17 bits per heavy atom. The minimum atomic E-state index is 0.00299. The van der Waals surface area contributed by atoms with Gasteiger partial charge in [0.15, 0.2) is 5.96 Å². The third-order valence-electron chi connectivity index (χ3n) is 5.72.